The van der Waals surface area contributed by atoms with Crippen LogP contribution in [0.3, 0.4) is 0 Å². The van der Waals surface area contributed by atoms with Crippen LogP contribution in [0.15, 0.2) is 23.4 Å². The van der Waals surface area contributed by atoms with E-state index in [2.05, 4.69) is 5.16 Å². The minimum Gasteiger partial charge on any atom is -0.496 e. The van der Waals surface area contributed by atoms with Crippen molar-refractivity contribution in [1.29, 1.82) is 0 Å². The van der Waals surface area contributed by atoms with Crippen molar-refractivity contribution in [2.24, 2.45) is 10.9 Å². The zero-order chi connectivity index (χ0) is 13.4. The van der Waals surface area contributed by atoms with Gasteiger partial charge < -0.3 is 20.8 Å². The molecule has 0 aliphatic rings. The monoisotopic (exact) mass is 270 g/mol. The van der Waals surface area contributed by atoms with Crippen LogP contribution in [0.1, 0.15) is 17.5 Å². The maximum absolute atomic E-state index is 8.71. The van der Waals surface area contributed by atoms with Crippen LogP contribution in [0.2, 0.25) is 0 Å². The average molecular weight is 270 g/mol. The third kappa shape index (κ3) is 4.12. The quantitative estimate of drug-likeness (QED) is 0.229. The molecule has 5 nitrogen and oxygen atoms in total. The molecule has 0 bridgehead atoms. The van der Waals surface area contributed by atoms with Crippen LogP contribution in [0.4, 0.5) is 0 Å². The van der Waals surface area contributed by atoms with Crippen LogP contribution in [0.25, 0.3) is 0 Å². The van der Waals surface area contributed by atoms with Crippen LogP contribution >= 0.6 is 11.8 Å². The van der Waals surface area contributed by atoms with Crippen LogP contribution < -0.4 is 10.5 Å². The summed E-state index contributed by atoms with van der Waals surface area (Å²) in [5, 5.41) is 20.3. The molecule has 0 fully saturated rings. The zero-order valence-corrected chi connectivity index (χ0v) is 11.1. The lowest BCUT2D eigenvalue weighted by atomic mass is 10.1. The van der Waals surface area contributed by atoms with Gasteiger partial charge in [0.15, 0.2) is 5.84 Å². The number of hydrogen-bond donors (Lipinski definition) is 3. The average Bonchev–Trinajstić information content (AvgIpc) is 2.42. The Morgan fingerprint density at radius 1 is 1.50 bits per heavy atom. The highest BCUT2D eigenvalue weighted by atomic mass is 32.2. The molecule has 1 aromatic carbocycles. The van der Waals surface area contributed by atoms with Gasteiger partial charge in [-0.25, -0.2) is 0 Å². The van der Waals surface area contributed by atoms with Gasteiger partial charge in [0.2, 0.25) is 0 Å². The smallest absolute Gasteiger partial charge is 0.170 e. The minimum absolute atomic E-state index is 0.0826. The van der Waals surface area contributed by atoms with E-state index in [0.717, 1.165) is 29.2 Å². The van der Waals surface area contributed by atoms with Gasteiger partial charge >= 0.3 is 0 Å². The van der Waals surface area contributed by atoms with Crippen molar-refractivity contribution in [3.63, 3.8) is 0 Å². The highest BCUT2D eigenvalue weighted by Crippen LogP contribution is 2.24. The molecule has 1 aromatic rings. The molecule has 0 radical (unpaired) electrons. The summed E-state index contributed by atoms with van der Waals surface area (Å²) < 4.78 is 5.26. The molecule has 18 heavy (non-hydrogen) atoms. The number of aliphatic hydroxyl groups is 1. The molecule has 100 valence electrons. The molecule has 0 aromatic heterocycles. The Morgan fingerprint density at radius 2 is 2.28 bits per heavy atom. The van der Waals surface area contributed by atoms with Crippen LogP contribution in [0, 0.1) is 0 Å². The minimum atomic E-state index is 0.0826. The number of ether oxygens (including phenoxy) is 1. The molecule has 0 amide bonds. The number of amidine groups is 1. The van der Waals surface area contributed by atoms with E-state index in [1.54, 1.807) is 31.0 Å². The molecule has 0 unspecified atom stereocenters. The van der Waals surface area contributed by atoms with Gasteiger partial charge in [0.1, 0.15) is 5.75 Å². The van der Waals surface area contributed by atoms with Gasteiger partial charge in [-0.05, 0) is 30.4 Å². The molecule has 1 rings (SSSR count). The van der Waals surface area contributed by atoms with E-state index >= 15 is 0 Å². The molecule has 0 saturated carbocycles. The number of rotatable bonds is 7. The first-order valence-corrected chi connectivity index (χ1v) is 6.71. The zero-order valence-electron chi connectivity index (χ0n) is 10.3. The fourth-order valence-electron chi connectivity index (χ4n) is 1.46. The lowest BCUT2D eigenvalue weighted by Gasteiger charge is -2.10. The number of nitrogens with zero attached hydrogens (tertiary/aromatic N) is 1. The van der Waals surface area contributed by atoms with E-state index < -0.39 is 0 Å². The van der Waals surface area contributed by atoms with Gasteiger partial charge in [0, 0.05) is 23.5 Å². The van der Waals surface area contributed by atoms with Crippen molar-refractivity contribution in [3.8, 4) is 5.75 Å². The van der Waals surface area contributed by atoms with Gasteiger partial charge in [-0.1, -0.05) is 5.16 Å². The van der Waals surface area contributed by atoms with Gasteiger partial charge in [0.25, 0.3) is 0 Å². The topological polar surface area (TPSA) is 88.1 Å². The predicted octanol–water partition coefficient (Wildman–Crippen LogP) is 1.41. The van der Waals surface area contributed by atoms with E-state index in [-0.39, 0.29) is 12.4 Å². The maximum Gasteiger partial charge on any atom is 0.170 e. The van der Waals surface area contributed by atoms with Crippen molar-refractivity contribution in [1.82, 2.24) is 0 Å². The second-order valence-electron chi connectivity index (χ2n) is 3.64. The van der Waals surface area contributed by atoms with E-state index in [1.807, 2.05) is 6.07 Å². The summed E-state index contributed by atoms with van der Waals surface area (Å²) in [7, 11) is 1.61. The Morgan fingerprint density at radius 3 is 2.89 bits per heavy atom. The van der Waals surface area contributed by atoms with Gasteiger partial charge in [-0.3, -0.25) is 0 Å². The van der Waals surface area contributed by atoms with Crippen LogP contribution in [0.5, 0.6) is 5.75 Å². The Balaban J connectivity index is 2.79. The molecule has 0 aliphatic carbocycles. The predicted molar refractivity (Wildman–Crippen MR) is 73.4 cm³/mol. The SMILES string of the molecule is COc1ccc(/C(N)=N/O)cc1CSCCCO. The van der Waals surface area contributed by atoms with Gasteiger partial charge in [-0.2, -0.15) is 11.8 Å². The van der Waals surface area contributed by atoms with Gasteiger partial charge in [-0.15, -0.1) is 0 Å². The van der Waals surface area contributed by atoms with Crippen LogP contribution in [-0.2, 0) is 5.75 Å². The summed E-state index contributed by atoms with van der Waals surface area (Å²) in [6.07, 6.45) is 0.771. The van der Waals surface area contributed by atoms with E-state index in [1.165, 1.54) is 0 Å². The Hall–Kier alpha value is -1.40. The largest absolute Gasteiger partial charge is 0.496 e. The van der Waals surface area contributed by atoms with E-state index in [0.29, 0.717) is 5.56 Å². The molecule has 0 aliphatic heterocycles. The van der Waals surface area contributed by atoms with Crippen molar-refractivity contribution in [2.45, 2.75) is 12.2 Å². The van der Waals surface area contributed by atoms with E-state index in [9.17, 15) is 0 Å². The highest BCUT2D eigenvalue weighted by Gasteiger charge is 2.07. The summed E-state index contributed by atoms with van der Waals surface area (Å²) >= 11 is 1.71. The number of aliphatic hydroxyl groups excluding tert-OH is 1. The van der Waals surface area contributed by atoms with Crippen molar-refractivity contribution in [2.75, 3.05) is 19.5 Å². The third-order valence-electron chi connectivity index (χ3n) is 2.39. The summed E-state index contributed by atoms with van der Waals surface area (Å²) in [5.74, 6) is 2.50. The highest BCUT2D eigenvalue weighted by molar-refractivity contribution is 7.98. The summed E-state index contributed by atoms with van der Waals surface area (Å²) in [5.41, 5.74) is 7.20. The maximum atomic E-state index is 8.71. The van der Waals surface area contributed by atoms with Crippen LogP contribution in [-0.4, -0.2) is 35.6 Å². The van der Waals surface area contributed by atoms with Crippen molar-refractivity contribution in [3.05, 3.63) is 29.3 Å². The normalized spacial score (nSPS) is 11.6. The summed E-state index contributed by atoms with van der Waals surface area (Å²) in [4.78, 5) is 0. The van der Waals surface area contributed by atoms with Crippen molar-refractivity contribution < 1.29 is 15.1 Å². The Bertz CT molecular complexity index is 410. The fraction of sp³-hybridized carbons (Fsp3) is 0.417. The molecular weight excluding hydrogens is 252 g/mol. The molecule has 0 saturated heterocycles. The first kappa shape index (κ1) is 14.7. The number of methoxy groups -OCH3 is 1. The number of oxime groups is 1. The van der Waals surface area contributed by atoms with Crippen molar-refractivity contribution >= 4 is 17.6 Å². The lowest BCUT2D eigenvalue weighted by Crippen LogP contribution is -2.13. The number of hydrogen-bond acceptors (Lipinski definition) is 5. The van der Waals surface area contributed by atoms with E-state index in [4.69, 9.17) is 20.8 Å². The first-order chi connectivity index (χ1) is 8.72. The summed E-state index contributed by atoms with van der Waals surface area (Å²) in [6.45, 7) is 0.203. The molecule has 4 N–H and O–H groups in total. The summed E-state index contributed by atoms with van der Waals surface area (Å²) in [6, 6.07) is 5.39. The second kappa shape index (κ2) is 7.84. The standard InChI is InChI=1S/C12H18N2O3S/c1-17-11-4-3-9(12(13)14-16)7-10(11)8-18-6-2-5-15/h3-4,7,15-16H,2,5-6,8H2,1H3,(H2,13,14). The Labute approximate surface area is 111 Å². The molecule has 6 heteroatoms. The molecule has 0 spiro atoms. The molecule has 0 heterocycles. The first-order valence-electron chi connectivity index (χ1n) is 5.56. The molecule has 0 atom stereocenters. The fourth-order valence-corrected chi connectivity index (χ4v) is 2.38. The third-order valence-corrected chi connectivity index (χ3v) is 3.48. The molecular formula is C12H18N2O3S. The van der Waals surface area contributed by atoms with Gasteiger partial charge in [0.05, 0.1) is 7.11 Å². The lowest BCUT2D eigenvalue weighted by molar-refractivity contribution is 0.296. The number of thioether (sulfide) groups is 1. The second-order valence-corrected chi connectivity index (χ2v) is 4.75. The Kier molecular flexibility index (Phi) is 6.38. The number of nitrogens with two attached hydrogens (primary N) is 1. The number of benzene rings is 1.